The lowest BCUT2D eigenvalue weighted by atomic mass is 10.4. The van der Waals surface area contributed by atoms with Gasteiger partial charge in [-0.3, -0.25) is 14.8 Å². The lowest BCUT2D eigenvalue weighted by molar-refractivity contribution is 0.906. The van der Waals surface area contributed by atoms with E-state index in [-0.39, 0.29) is 5.56 Å². The second-order valence-electron chi connectivity index (χ2n) is 3.14. The molecule has 0 spiro atoms. The van der Waals surface area contributed by atoms with Crippen molar-refractivity contribution < 1.29 is 0 Å². The molecule has 0 aliphatic carbocycles. The number of aromatic nitrogens is 2. The summed E-state index contributed by atoms with van der Waals surface area (Å²) in [7, 11) is 3.62. The predicted octanol–water partition coefficient (Wildman–Crippen LogP) is -1.09. The van der Waals surface area contributed by atoms with Gasteiger partial charge in [-0.2, -0.15) is 0 Å². The van der Waals surface area contributed by atoms with Crippen molar-refractivity contribution in [3.8, 4) is 0 Å². The highest BCUT2D eigenvalue weighted by molar-refractivity contribution is 5.70. The molecular weight excluding hydrogens is 172 g/mol. The summed E-state index contributed by atoms with van der Waals surface area (Å²) in [5, 5.41) is 0. The zero-order valence-corrected chi connectivity index (χ0v) is 7.42. The van der Waals surface area contributed by atoms with Gasteiger partial charge in [-0.1, -0.05) is 0 Å². The van der Waals surface area contributed by atoms with E-state index < -0.39 is 5.69 Å². The lowest BCUT2D eigenvalue weighted by Crippen LogP contribution is -2.26. The minimum absolute atomic E-state index is 0.342. The van der Waals surface area contributed by atoms with E-state index in [4.69, 9.17) is 0 Å². The van der Waals surface area contributed by atoms with E-state index in [1.54, 1.807) is 11.9 Å². The Morgan fingerprint density at radius 2 is 1.85 bits per heavy atom. The van der Waals surface area contributed by atoms with Crippen LogP contribution in [-0.2, 0) is 0 Å². The number of fused-ring (bicyclic) bond motifs is 1. The fourth-order valence-corrected chi connectivity index (χ4v) is 1.56. The second kappa shape index (κ2) is 2.38. The van der Waals surface area contributed by atoms with Gasteiger partial charge in [0.05, 0.1) is 6.67 Å². The summed E-state index contributed by atoms with van der Waals surface area (Å²) in [4.78, 5) is 30.7. The summed E-state index contributed by atoms with van der Waals surface area (Å²) in [6.07, 6.45) is 0. The summed E-state index contributed by atoms with van der Waals surface area (Å²) in [5.74, 6) is 0.580. The first-order valence-corrected chi connectivity index (χ1v) is 3.88. The fourth-order valence-electron chi connectivity index (χ4n) is 1.56. The van der Waals surface area contributed by atoms with Crippen molar-refractivity contribution in [2.45, 2.75) is 0 Å². The van der Waals surface area contributed by atoms with Crippen LogP contribution in [0.4, 0.5) is 11.5 Å². The van der Waals surface area contributed by atoms with Crippen LogP contribution in [0.15, 0.2) is 9.59 Å². The van der Waals surface area contributed by atoms with Crippen LogP contribution < -0.4 is 21.0 Å². The van der Waals surface area contributed by atoms with Gasteiger partial charge in [0, 0.05) is 14.1 Å². The van der Waals surface area contributed by atoms with Gasteiger partial charge < -0.3 is 9.80 Å². The van der Waals surface area contributed by atoms with E-state index in [0.717, 1.165) is 0 Å². The molecule has 1 aromatic rings. The molecule has 0 bridgehead atoms. The quantitative estimate of drug-likeness (QED) is 0.534. The largest absolute Gasteiger partial charge is 0.349 e. The number of H-pyrrole nitrogens is 2. The summed E-state index contributed by atoms with van der Waals surface area (Å²) in [5.41, 5.74) is -0.293. The highest BCUT2D eigenvalue weighted by Gasteiger charge is 2.24. The number of nitrogens with zero attached hydrogens (tertiary/aromatic N) is 2. The van der Waals surface area contributed by atoms with Crippen molar-refractivity contribution in [1.82, 2.24) is 9.97 Å². The molecule has 0 amide bonds. The molecule has 0 radical (unpaired) electrons. The van der Waals surface area contributed by atoms with Crippen LogP contribution in [0, 0.1) is 0 Å². The number of hydrogen-bond donors (Lipinski definition) is 2. The number of aromatic amines is 2. The van der Waals surface area contributed by atoms with Crippen molar-refractivity contribution in [3.05, 3.63) is 20.8 Å². The molecule has 2 rings (SSSR count). The molecule has 0 aromatic carbocycles. The van der Waals surface area contributed by atoms with Gasteiger partial charge in [0.1, 0.15) is 11.5 Å². The molecule has 6 nitrogen and oxygen atoms in total. The van der Waals surface area contributed by atoms with Crippen LogP contribution >= 0.6 is 0 Å². The van der Waals surface area contributed by atoms with E-state index in [1.807, 2.05) is 11.9 Å². The minimum Gasteiger partial charge on any atom is -0.349 e. The Morgan fingerprint density at radius 3 is 2.54 bits per heavy atom. The van der Waals surface area contributed by atoms with Gasteiger partial charge in [0.15, 0.2) is 0 Å². The molecule has 1 aliphatic heterocycles. The standard InChI is InChI=1S/C7H10N4O2/c1-10-3-11(2)5-4(10)6(12)9-7(13)8-5/h3H2,1-2H3,(H2,8,9,12,13). The van der Waals surface area contributed by atoms with Crippen LogP contribution in [0.25, 0.3) is 0 Å². The van der Waals surface area contributed by atoms with E-state index in [9.17, 15) is 9.59 Å². The first-order chi connectivity index (χ1) is 6.09. The first-order valence-electron chi connectivity index (χ1n) is 3.88. The highest BCUT2D eigenvalue weighted by Crippen LogP contribution is 2.25. The van der Waals surface area contributed by atoms with E-state index in [1.165, 1.54) is 0 Å². The zero-order chi connectivity index (χ0) is 9.59. The molecule has 70 valence electrons. The summed E-state index contributed by atoms with van der Waals surface area (Å²) in [6.45, 7) is 0.609. The van der Waals surface area contributed by atoms with Gasteiger partial charge in [-0.05, 0) is 0 Å². The molecule has 2 N–H and O–H groups in total. The molecule has 13 heavy (non-hydrogen) atoms. The Bertz CT molecular complexity index is 447. The third kappa shape index (κ3) is 1.02. The van der Waals surface area contributed by atoms with Crippen LogP contribution in [-0.4, -0.2) is 30.7 Å². The average Bonchev–Trinajstić information content (AvgIpc) is 2.27. The summed E-state index contributed by atoms with van der Waals surface area (Å²) >= 11 is 0. The molecule has 1 aromatic heterocycles. The predicted molar refractivity (Wildman–Crippen MR) is 49.4 cm³/mol. The highest BCUT2D eigenvalue weighted by atomic mass is 16.2. The van der Waals surface area contributed by atoms with Gasteiger partial charge in [-0.15, -0.1) is 0 Å². The third-order valence-corrected chi connectivity index (χ3v) is 2.09. The van der Waals surface area contributed by atoms with Gasteiger partial charge in [0.2, 0.25) is 0 Å². The monoisotopic (exact) mass is 182 g/mol. The third-order valence-electron chi connectivity index (χ3n) is 2.09. The van der Waals surface area contributed by atoms with Crippen LogP contribution in [0.2, 0.25) is 0 Å². The maximum absolute atomic E-state index is 11.3. The molecule has 1 aliphatic rings. The summed E-state index contributed by atoms with van der Waals surface area (Å²) in [6, 6.07) is 0. The van der Waals surface area contributed by atoms with Crippen LogP contribution in [0.1, 0.15) is 0 Å². The minimum atomic E-state index is -0.467. The van der Waals surface area contributed by atoms with E-state index in [0.29, 0.717) is 18.2 Å². The zero-order valence-electron chi connectivity index (χ0n) is 7.42. The number of hydrogen-bond acceptors (Lipinski definition) is 4. The molecule has 0 saturated heterocycles. The van der Waals surface area contributed by atoms with Crippen LogP contribution in [0.3, 0.4) is 0 Å². The van der Waals surface area contributed by atoms with E-state index >= 15 is 0 Å². The van der Waals surface area contributed by atoms with Crippen LogP contribution in [0.5, 0.6) is 0 Å². The normalized spacial score (nSPS) is 14.9. The van der Waals surface area contributed by atoms with Crippen molar-refractivity contribution >= 4 is 11.5 Å². The Labute approximate surface area is 73.8 Å². The maximum atomic E-state index is 11.3. The second-order valence-corrected chi connectivity index (χ2v) is 3.14. The SMILES string of the molecule is CN1CN(C)c2c1[nH]c(=O)[nH]c2=O. The Balaban J connectivity index is 2.77. The Hall–Kier alpha value is -1.72. The smallest absolute Gasteiger partial charge is 0.327 e. The molecule has 6 heteroatoms. The van der Waals surface area contributed by atoms with Gasteiger partial charge >= 0.3 is 5.69 Å². The van der Waals surface area contributed by atoms with Gasteiger partial charge in [-0.25, -0.2) is 4.79 Å². The lowest BCUT2D eigenvalue weighted by Gasteiger charge is -2.10. The maximum Gasteiger partial charge on any atom is 0.327 e. The Morgan fingerprint density at radius 1 is 1.15 bits per heavy atom. The molecule has 0 saturated carbocycles. The molecule has 0 fully saturated rings. The van der Waals surface area contributed by atoms with Crippen molar-refractivity contribution in [1.29, 1.82) is 0 Å². The number of anilines is 2. The first kappa shape index (κ1) is 7.90. The fraction of sp³-hybridized carbons (Fsp3) is 0.429. The average molecular weight is 182 g/mol. The molecule has 0 atom stereocenters. The van der Waals surface area contributed by atoms with Gasteiger partial charge in [0.25, 0.3) is 5.56 Å². The van der Waals surface area contributed by atoms with Crippen molar-refractivity contribution in [2.24, 2.45) is 0 Å². The van der Waals surface area contributed by atoms with Crippen molar-refractivity contribution in [2.75, 3.05) is 30.6 Å². The Kier molecular flexibility index (Phi) is 1.45. The summed E-state index contributed by atoms with van der Waals surface area (Å²) < 4.78 is 0. The topological polar surface area (TPSA) is 72.2 Å². The molecule has 2 heterocycles. The number of nitrogens with one attached hydrogen (secondary N) is 2. The van der Waals surface area contributed by atoms with Crippen molar-refractivity contribution in [3.63, 3.8) is 0 Å². The number of rotatable bonds is 0. The molecule has 0 unspecified atom stereocenters. The van der Waals surface area contributed by atoms with E-state index in [2.05, 4.69) is 9.97 Å². The molecular formula is C7H10N4O2.